The lowest BCUT2D eigenvalue weighted by molar-refractivity contribution is -0.116. The molecule has 1 N–H and O–H groups in total. The Hall–Kier alpha value is -3.33. The van der Waals surface area contributed by atoms with Crippen LogP contribution in [0.5, 0.6) is 0 Å². The Morgan fingerprint density at radius 1 is 1.17 bits per heavy atom. The fourth-order valence-corrected chi connectivity index (χ4v) is 4.06. The first-order chi connectivity index (χ1) is 14.0. The van der Waals surface area contributed by atoms with Crippen molar-refractivity contribution in [2.45, 2.75) is 33.4 Å². The van der Waals surface area contributed by atoms with Crippen molar-refractivity contribution in [3.63, 3.8) is 0 Å². The average molecular weight is 408 g/mol. The van der Waals surface area contributed by atoms with Gasteiger partial charge < -0.3 is 5.32 Å². The van der Waals surface area contributed by atoms with E-state index in [0.29, 0.717) is 17.6 Å². The molecular weight excluding hydrogens is 388 g/mol. The van der Waals surface area contributed by atoms with Crippen molar-refractivity contribution in [3.05, 3.63) is 69.6 Å². The Morgan fingerprint density at radius 2 is 1.97 bits per heavy atom. The van der Waals surface area contributed by atoms with Crippen LogP contribution in [-0.2, 0) is 17.9 Å². The predicted octanol–water partition coefficient (Wildman–Crippen LogP) is 2.74. The summed E-state index contributed by atoms with van der Waals surface area (Å²) >= 11 is 1.52. The SMILES string of the molecule is Cc1sc2ncn(CCC(=O)Nc3ccc(Cn4cncn4)cc3)c(=O)c2c1C. The number of aromatic nitrogens is 5. The van der Waals surface area contributed by atoms with Gasteiger partial charge in [-0.1, -0.05) is 12.1 Å². The summed E-state index contributed by atoms with van der Waals surface area (Å²) in [5.41, 5.74) is 2.64. The lowest BCUT2D eigenvalue weighted by Crippen LogP contribution is -2.23. The fraction of sp³-hybridized carbons (Fsp3) is 0.250. The molecule has 1 aromatic carbocycles. The van der Waals surface area contributed by atoms with Gasteiger partial charge in [0.05, 0.1) is 18.3 Å². The Balaban J connectivity index is 1.38. The van der Waals surface area contributed by atoms with E-state index in [1.54, 1.807) is 11.0 Å². The van der Waals surface area contributed by atoms with E-state index in [-0.39, 0.29) is 24.4 Å². The summed E-state index contributed by atoms with van der Waals surface area (Å²) in [7, 11) is 0. The molecule has 0 unspecified atom stereocenters. The highest BCUT2D eigenvalue weighted by Gasteiger charge is 2.13. The number of hydrogen-bond acceptors (Lipinski definition) is 6. The quantitative estimate of drug-likeness (QED) is 0.529. The van der Waals surface area contributed by atoms with Crippen molar-refractivity contribution >= 4 is 33.1 Å². The number of aryl methyl sites for hydroxylation is 3. The van der Waals surface area contributed by atoms with Crippen molar-refractivity contribution in [3.8, 4) is 0 Å². The van der Waals surface area contributed by atoms with Gasteiger partial charge in [0.25, 0.3) is 5.56 Å². The first kappa shape index (κ1) is 19.0. The Morgan fingerprint density at radius 3 is 2.69 bits per heavy atom. The molecule has 0 aliphatic heterocycles. The molecule has 0 aliphatic carbocycles. The third-order valence-corrected chi connectivity index (χ3v) is 5.90. The molecule has 4 rings (SSSR count). The molecule has 0 spiro atoms. The van der Waals surface area contributed by atoms with Crippen molar-refractivity contribution in [2.75, 3.05) is 5.32 Å². The summed E-state index contributed by atoms with van der Waals surface area (Å²) in [6.07, 6.45) is 4.86. The molecule has 0 fully saturated rings. The molecule has 29 heavy (non-hydrogen) atoms. The number of thiophene rings is 1. The number of fused-ring (bicyclic) bond motifs is 1. The summed E-state index contributed by atoms with van der Waals surface area (Å²) in [5, 5.41) is 7.59. The molecule has 3 aromatic heterocycles. The second kappa shape index (κ2) is 7.96. The van der Waals surface area contributed by atoms with Gasteiger partial charge in [0.1, 0.15) is 17.5 Å². The molecule has 148 valence electrons. The fourth-order valence-electron chi connectivity index (χ4n) is 3.07. The van der Waals surface area contributed by atoms with Gasteiger partial charge in [0.15, 0.2) is 0 Å². The van der Waals surface area contributed by atoms with Crippen LogP contribution in [0.2, 0.25) is 0 Å². The number of hydrogen-bond donors (Lipinski definition) is 1. The van der Waals surface area contributed by atoms with Gasteiger partial charge >= 0.3 is 0 Å². The molecule has 1 amide bonds. The molecule has 0 bridgehead atoms. The Kier molecular flexibility index (Phi) is 5.22. The highest BCUT2D eigenvalue weighted by Crippen LogP contribution is 2.25. The smallest absolute Gasteiger partial charge is 0.262 e. The van der Waals surface area contributed by atoms with Crippen LogP contribution in [0.15, 0.2) is 48.0 Å². The Bertz CT molecular complexity index is 1210. The molecule has 4 aromatic rings. The average Bonchev–Trinajstić information content (AvgIpc) is 3.31. The maximum absolute atomic E-state index is 12.7. The van der Waals surface area contributed by atoms with Gasteiger partial charge in [0.2, 0.25) is 5.91 Å². The first-order valence-corrected chi connectivity index (χ1v) is 9.99. The maximum atomic E-state index is 12.7. The minimum atomic E-state index is -0.153. The summed E-state index contributed by atoms with van der Waals surface area (Å²) < 4.78 is 3.23. The number of nitrogens with zero attached hydrogens (tertiary/aromatic N) is 5. The van der Waals surface area contributed by atoms with E-state index in [1.165, 1.54) is 28.6 Å². The predicted molar refractivity (Wildman–Crippen MR) is 112 cm³/mol. The van der Waals surface area contributed by atoms with E-state index in [0.717, 1.165) is 20.8 Å². The molecule has 0 aliphatic rings. The molecule has 0 atom stereocenters. The number of anilines is 1. The van der Waals surface area contributed by atoms with Gasteiger partial charge in [-0.15, -0.1) is 11.3 Å². The monoisotopic (exact) mass is 408 g/mol. The van der Waals surface area contributed by atoms with Crippen LogP contribution in [0.4, 0.5) is 5.69 Å². The number of nitrogens with one attached hydrogen (secondary N) is 1. The second-order valence-corrected chi connectivity index (χ2v) is 8.00. The van der Waals surface area contributed by atoms with Gasteiger partial charge in [-0.2, -0.15) is 5.10 Å². The number of benzene rings is 1. The second-order valence-electron chi connectivity index (χ2n) is 6.79. The molecule has 0 saturated carbocycles. The molecular formula is C20H20N6O2S. The zero-order chi connectivity index (χ0) is 20.4. The van der Waals surface area contributed by atoms with E-state index in [2.05, 4.69) is 20.4 Å². The summed E-state index contributed by atoms with van der Waals surface area (Å²) in [4.78, 5) is 35.1. The van der Waals surface area contributed by atoms with Crippen LogP contribution in [0.3, 0.4) is 0 Å². The number of carbonyl (C=O) groups excluding carboxylic acids is 1. The number of amides is 1. The zero-order valence-corrected chi connectivity index (χ0v) is 16.9. The summed E-state index contributed by atoms with van der Waals surface area (Å²) in [6.45, 7) is 4.82. The van der Waals surface area contributed by atoms with Gasteiger partial charge in [0, 0.05) is 23.5 Å². The summed E-state index contributed by atoms with van der Waals surface area (Å²) in [5.74, 6) is -0.153. The highest BCUT2D eigenvalue weighted by atomic mass is 32.1. The molecule has 0 saturated heterocycles. The minimum absolute atomic E-state index is 0.0953. The molecule has 0 radical (unpaired) electrons. The molecule has 9 heteroatoms. The largest absolute Gasteiger partial charge is 0.326 e. The van der Waals surface area contributed by atoms with Crippen molar-refractivity contribution in [2.24, 2.45) is 0 Å². The van der Waals surface area contributed by atoms with Crippen LogP contribution in [0.1, 0.15) is 22.4 Å². The van der Waals surface area contributed by atoms with Crippen molar-refractivity contribution in [1.82, 2.24) is 24.3 Å². The number of carbonyl (C=O) groups is 1. The van der Waals surface area contributed by atoms with Gasteiger partial charge in [-0.3, -0.25) is 14.2 Å². The van der Waals surface area contributed by atoms with E-state index in [4.69, 9.17) is 0 Å². The van der Waals surface area contributed by atoms with Gasteiger partial charge in [-0.25, -0.2) is 14.6 Å². The van der Waals surface area contributed by atoms with Crippen LogP contribution in [0.25, 0.3) is 10.2 Å². The third kappa shape index (κ3) is 4.09. The lowest BCUT2D eigenvalue weighted by atomic mass is 10.2. The van der Waals surface area contributed by atoms with Crippen LogP contribution >= 0.6 is 11.3 Å². The Labute approximate surface area is 170 Å². The van der Waals surface area contributed by atoms with E-state index < -0.39 is 0 Å². The minimum Gasteiger partial charge on any atom is -0.326 e. The summed E-state index contributed by atoms with van der Waals surface area (Å²) in [6, 6.07) is 7.56. The lowest BCUT2D eigenvalue weighted by Gasteiger charge is -2.08. The van der Waals surface area contributed by atoms with Crippen LogP contribution < -0.4 is 10.9 Å². The molecule has 8 nitrogen and oxygen atoms in total. The first-order valence-electron chi connectivity index (χ1n) is 9.17. The topological polar surface area (TPSA) is 94.7 Å². The maximum Gasteiger partial charge on any atom is 0.262 e. The van der Waals surface area contributed by atoms with Crippen molar-refractivity contribution < 1.29 is 4.79 Å². The standard InChI is InChI=1S/C20H20N6O2S/c1-13-14(2)29-19-18(13)20(28)25(12-22-19)8-7-17(27)24-16-5-3-15(4-6-16)9-26-11-21-10-23-26/h3-6,10-12H,7-9H2,1-2H3,(H,24,27). The normalized spacial score (nSPS) is 11.1. The van der Waals surface area contributed by atoms with E-state index in [1.807, 2.05) is 38.1 Å². The van der Waals surface area contributed by atoms with Crippen LogP contribution in [-0.4, -0.2) is 30.2 Å². The van der Waals surface area contributed by atoms with Crippen molar-refractivity contribution in [1.29, 1.82) is 0 Å². The third-order valence-electron chi connectivity index (χ3n) is 4.78. The molecule has 3 heterocycles. The highest BCUT2D eigenvalue weighted by molar-refractivity contribution is 7.18. The number of rotatable bonds is 6. The van der Waals surface area contributed by atoms with E-state index in [9.17, 15) is 9.59 Å². The van der Waals surface area contributed by atoms with Gasteiger partial charge in [-0.05, 0) is 37.1 Å². The van der Waals surface area contributed by atoms with Crippen LogP contribution in [0, 0.1) is 13.8 Å². The van der Waals surface area contributed by atoms with E-state index >= 15 is 0 Å². The zero-order valence-electron chi connectivity index (χ0n) is 16.1.